The minimum absolute atomic E-state index is 0.274. The first-order valence-electron chi connectivity index (χ1n) is 5.17. The van der Waals surface area contributed by atoms with E-state index < -0.39 is 10.0 Å². The molecule has 0 aromatic heterocycles. The molecule has 3 nitrogen and oxygen atoms in total. The average molecular weight is 239 g/mol. The second-order valence-corrected chi connectivity index (χ2v) is 5.49. The number of hydrogen-bond acceptors (Lipinski definition) is 2. The lowest BCUT2D eigenvalue weighted by atomic mass is 10.2. The van der Waals surface area contributed by atoms with Gasteiger partial charge in [0.1, 0.15) is 0 Å². The van der Waals surface area contributed by atoms with E-state index in [-0.39, 0.29) is 10.9 Å². The Labute approximate surface area is 97.9 Å². The van der Waals surface area contributed by atoms with Crippen molar-refractivity contribution >= 4 is 10.0 Å². The fourth-order valence-corrected chi connectivity index (χ4v) is 2.50. The number of nitrogens with one attached hydrogen (secondary N) is 1. The van der Waals surface area contributed by atoms with Crippen LogP contribution in [-0.4, -0.2) is 14.5 Å². The van der Waals surface area contributed by atoms with Crippen molar-refractivity contribution in [3.8, 4) is 0 Å². The van der Waals surface area contributed by atoms with Crippen LogP contribution in [0.25, 0.3) is 0 Å². The van der Waals surface area contributed by atoms with Crippen molar-refractivity contribution in [1.82, 2.24) is 4.72 Å². The Bertz CT molecular complexity index is 423. The quantitative estimate of drug-likeness (QED) is 0.855. The van der Waals surface area contributed by atoms with E-state index in [4.69, 9.17) is 0 Å². The molecule has 0 spiro atoms. The number of benzene rings is 1. The van der Waals surface area contributed by atoms with Crippen LogP contribution >= 0.6 is 0 Å². The van der Waals surface area contributed by atoms with Crippen molar-refractivity contribution in [1.29, 1.82) is 0 Å². The molecule has 16 heavy (non-hydrogen) atoms. The summed E-state index contributed by atoms with van der Waals surface area (Å²) in [6.45, 7) is 9.30. The highest BCUT2D eigenvalue weighted by Crippen LogP contribution is 2.11. The molecule has 0 aliphatic carbocycles. The predicted octanol–water partition coefficient (Wildman–Crippen LogP) is 2.09. The number of hydrogen-bond donors (Lipinski definition) is 1. The lowest BCUT2D eigenvalue weighted by Gasteiger charge is -2.13. The summed E-state index contributed by atoms with van der Waals surface area (Å²) in [4.78, 5) is 0.274. The summed E-state index contributed by atoms with van der Waals surface area (Å²) in [5.41, 5.74) is 1.03. The SMILES string of the molecule is [CH2]CC[C@@H]([CH2])NS(=O)(=O)c1ccc(C)cc1. The highest BCUT2D eigenvalue weighted by Gasteiger charge is 2.16. The molecule has 0 aliphatic rings. The Morgan fingerprint density at radius 2 is 1.88 bits per heavy atom. The molecule has 0 fully saturated rings. The Morgan fingerprint density at radius 1 is 1.31 bits per heavy atom. The maximum Gasteiger partial charge on any atom is 0.240 e. The minimum Gasteiger partial charge on any atom is -0.208 e. The van der Waals surface area contributed by atoms with Gasteiger partial charge >= 0.3 is 0 Å². The maximum atomic E-state index is 11.9. The molecule has 2 radical (unpaired) electrons. The third-order valence-electron chi connectivity index (χ3n) is 2.21. The van der Waals surface area contributed by atoms with Gasteiger partial charge in [-0.15, -0.1) is 0 Å². The highest BCUT2D eigenvalue weighted by molar-refractivity contribution is 7.89. The van der Waals surface area contributed by atoms with Gasteiger partial charge in [0.2, 0.25) is 10.0 Å². The zero-order chi connectivity index (χ0) is 12.2. The lowest BCUT2D eigenvalue weighted by molar-refractivity contribution is 0.562. The summed E-state index contributed by atoms with van der Waals surface area (Å²) in [5, 5.41) is 0. The number of aryl methyl sites for hydroxylation is 1. The van der Waals surface area contributed by atoms with Crippen molar-refractivity contribution in [2.75, 3.05) is 0 Å². The van der Waals surface area contributed by atoms with Gasteiger partial charge < -0.3 is 0 Å². The van der Waals surface area contributed by atoms with Gasteiger partial charge in [-0.05, 0) is 32.4 Å². The Kier molecular flexibility index (Phi) is 4.50. The molecule has 1 aromatic carbocycles. The lowest BCUT2D eigenvalue weighted by Crippen LogP contribution is -2.32. The predicted molar refractivity (Wildman–Crippen MR) is 65.2 cm³/mol. The fourth-order valence-electron chi connectivity index (χ4n) is 1.31. The van der Waals surface area contributed by atoms with E-state index in [1.54, 1.807) is 24.3 Å². The first-order chi connectivity index (χ1) is 7.45. The van der Waals surface area contributed by atoms with Crippen LogP contribution in [0, 0.1) is 20.8 Å². The molecular formula is C12H17NO2S. The average Bonchev–Trinajstić information content (AvgIpc) is 2.17. The topological polar surface area (TPSA) is 46.2 Å². The van der Waals surface area contributed by atoms with Gasteiger partial charge in [-0.2, -0.15) is 0 Å². The van der Waals surface area contributed by atoms with E-state index >= 15 is 0 Å². The van der Waals surface area contributed by atoms with Crippen molar-refractivity contribution in [2.45, 2.75) is 30.7 Å². The van der Waals surface area contributed by atoms with E-state index in [1.807, 2.05) is 6.92 Å². The molecule has 0 heterocycles. The Morgan fingerprint density at radius 3 is 2.38 bits per heavy atom. The smallest absolute Gasteiger partial charge is 0.208 e. The van der Waals surface area contributed by atoms with Crippen LogP contribution in [0.4, 0.5) is 0 Å². The standard InChI is InChI=1S/C12H17NO2S/c1-4-5-11(3)13-16(14,15)12-8-6-10(2)7-9-12/h6-9,11,13H,1,3-5H2,2H3/t11-/m1/s1. The number of sulfonamides is 1. The van der Waals surface area contributed by atoms with E-state index in [9.17, 15) is 8.42 Å². The van der Waals surface area contributed by atoms with Crippen molar-refractivity contribution < 1.29 is 8.42 Å². The largest absolute Gasteiger partial charge is 0.240 e. The third-order valence-corrected chi connectivity index (χ3v) is 3.74. The van der Waals surface area contributed by atoms with E-state index in [2.05, 4.69) is 18.6 Å². The highest BCUT2D eigenvalue weighted by atomic mass is 32.2. The van der Waals surface area contributed by atoms with Crippen LogP contribution in [-0.2, 0) is 10.0 Å². The van der Waals surface area contributed by atoms with E-state index in [0.717, 1.165) is 5.56 Å². The molecule has 1 N–H and O–H groups in total. The molecule has 0 amide bonds. The maximum absolute atomic E-state index is 11.9. The van der Waals surface area contributed by atoms with E-state index in [1.165, 1.54) is 0 Å². The third kappa shape index (κ3) is 3.61. The molecule has 88 valence electrons. The van der Waals surface area contributed by atoms with Gasteiger partial charge in [0.05, 0.1) is 4.90 Å². The molecule has 0 saturated carbocycles. The molecule has 0 aliphatic heterocycles. The summed E-state index contributed by atoms with van der Waals surface area (Å²) in [6.07, 6.45) is 1.29. The molecular weight excluding hydrogens is 222 g/mol. The fraction of sp³-hybridized carbons (Fsp3) is 0.333. The minimum atomic E-state index is -3.44. The summed E-state index contributed by atoms with van der Waals surface area (Å²) < 4.78 is 26.2. The molecule has 1 aromatic rings. The Hall–Kier alpha value is -0.870. The van der Waals surface area contributed by atoms with Crippen molar-refractivity contribution in [3.05, 3.63) is 43.7 Å². The van der Waals surface area contributed by atoms with E-state index in [0.29, 0.717) is 12.8 Å². The molecule has 0 unspecified atom stereocenters. The summed E-state index contributed by atoms with van der Waals surface area (Å²) >= 11 is 0. The van der Waals surface area contributed by atoms with Crippen LogP contribution in [0.5, 0.6) is 0 Å². The van der Waals surface area contributed by atoms with Gasteiger partial charge in [0.15, 0.2) is 0 Å². The zero-order valence-electron chi connectivity index (χ0n) is 9.44. The van der Waals surface area contributed by atoms with Gasteiger partial charge in [-0.1, -0.05) is 31.0 Å². The first kappa shape index (κ1) is 13.2. The van der Waals surface area contributed by atoms with Crippen molar-refractivity contribution in [2.24, 2.45) is 0 Å². The number of rotatable bonds is 5. The van der Waals surface area contributed by atoms with Gasteiger partial charge in [0, 0.05) is 6.04 Å². The Balaban J connectivity index is 2.82. The van der Waals surface area contributed by atoms with Gasteiger partial charge in [0.25, 0.3) is 0 Å². The molecule has 0 bridgehead atoms. The van der Waals surface area contributed by atoms with Crippen LogP contribution in [0.3, 0.4) is 0 Å². The second-order valence-electron chi connectivity index (χ2n) is 3.77. The molecule has 4 heteroatoms. The summed E-state index contributed by atoms with van der Waals surface area (Å²) in [5.74, 6) is 0. The summed E-state index contributed by atoms with van der Waals surface area (Å²) in [6, 6.07) is 6.40. The second kappa shape index (κ2) is 5.46. The van der Waals surface area contributed by atoms with Gasteiger partial charge in [-0.25, -0.2) is 13.1 Å². The van der Waals surface area contributed by atoms with Crippen molar-refractivity contribution in [3.63, 3.8) is 0 Å². The van der Waals surface area contributed by atoms with Crippen LogP contribution < -0.4 is 4.72 Å². The van der Waals surface area contributed by atoms with Crippen LogP contribution in [0.1, 0.15) is 18.4 Å². The van der Waals surface area contributed by atoms with Gasteiger partial charge in [-0.3, -0.25) is 0 Å². The zero-order valence-corrected chi connectivity index (χ0v) is 10.3. The molecule has 1 rings (SSSR count). The van der Waals surface area contributed by atoms with Crippen LogP contribution in [0.2, 0.25) is 0 Å². The molecule has 1 atom stereocenters. The first-order valence-corrected chi connectivity index (χ1v) is 6.65. The summed E-state index contributed by atoms with van der Waals surface area (Å²) in [7, 11) is -3.44. The molecule has 0 saturated heterocycles. The van der Waals surface area contributed by atoms with Crippen LogP contribution in [0.15, 0.2) is 29.2 Å². The normalized spacial score (nSPS) is 13.7. The monoisotopic (exact) mass is 239 g/mol.